The molecule has 41 heavy (non-hydrogen) atoms. The molecule has 0 unspecified atom stereocenters. The Morgan fingerprint density at radius 2 is 1.68 bits per heavy atom. The number of sulfonamides is 1. The Kier molecular flexibility index (Phi) is 11.8. The van der Waals surface area contributed by atoms with Crippen LogP contribution in [0.25, 0.3) is 0 Å². The minimum Gasteiger partial charge on any atom is -0.492 e. The summed E-state index contributed by atoms with van der Waals surface area (Å²) in [4.78, 5) is 29.1. The van der Waals surface area contributed by atoms with E-state index in [2.05, 4.69) is 5.32 Å². The lowest BCUT2D eigenvalue weighted by Crippen LogP contribution is -2.51. The van der Waals surface area contributed by atoms with E-state index in [0.717, 1.165) is 9.20 Å². The van der Waals surface area contributed by atoms with Crippen molar-refractivity contribution in [2.45, 2.75) is 43.1 Å². The summed E-state index contributed by atoms with van der Waals surface area (Å²) in [5.74, 6) is -0.664. The molecule has 8 nitrogen and oxygen atoms in total. The Hall–Kier alpha value is -2.92. The van der Waals surface area contributed by atoms with Gasteiger partial charge < -0.3 is 15.0 Å². The Balaban J connectivity index is 2.09. The highest BCUT2D eigenvalue weighted by Gasteiger charge is 2.33. The lowest BCUT2D eigenvalue weighted by Gasteiger charge is -2.32. The predicted molar refractivity (Wildman–Crippen MR) is 166 cm³/mol. The predicted octanol–water partition coefficient (Wildman–Crippen LogP) is 5.86. The van der Waals surface area contributed by atoms with Gasteiger partial charge in [0.25, 0.3) is 10.0 Å². The van der Waals surface area contributed by atoms with E-state index in [1.165, 1.54) is 28.8 Å². The fourth-order valence-corrected chi connectivity index (χ4v) is 6.22. The van der Waals surface area contributed by atoms with E-state index >= 15 is 0 Å². The van der Waals surface area contributed by atoms with E-state index in [1.54, 1.807) is 75.4 Å². The molecule has 0 fully saturated rings. The van der Waals surface area contributed by atoms with Crippen molar-refractivity contribution in [2.75, 3.05) is 30.3 Å². The molecule has 3 aromatic rings. The first-order valence-corrected chi connectivity index (χ1v) is 16.3. The molecule has 0 saturated carbocycles. The van der Waals surface area contributed by atoms with Gasteiger partial charge in [-0.3, -0.25) is 13.9 Å². The molecule has 0 heterocycles. The van der Waals surface area contributed by atoms with Crippen LogP contribution in [0.2, 0.25) is 10.0 Å². The summed E-state index contributed by atoms with van der Waals surface area (Å²) in [5, 5.41) is 3.38. The topological polar surface area (TPSA) is 96.0 Å². The van der Waals surface area contributed by atoms with E-state index < -0.39 is 28.5 Å². The van der Waals surface area contributed by atoms with Crippen molar-refractivity contribution in [2.24, 2.45) is 0 Å². The van der Waals surface area contributed by atoms with E-state index in [4.69, 9.17) is 27.9 Å². The number of carbonyl (C=O) groups excluding carboxylic acids is 2. The van der Waals surface area contributed by atoms with Crippen molar-refractivity contribution in [3.8, 4) is 5.75 Å². The maximum Gasteiger partial charge on any atom is 0.264 e. The molecule has 0 aliphatic heterocycles. The Morgan fingerprint density at radius 1 is 1.00 bits per heavy atom. The zero-order valence-electron chi connectivity index (χ0n) is 23.3. The molecular formula is C29H33Cl2N3O5S2. The SMILES string of the molecule is CCNC(=O)[C@@H](C)N(Cc1ccc(Cl)c(Cl)c1)C(=O)CN(c1ccccc1OCC)S(=O)(=O)c1ccc(SC)cc1. The zero-order chi connectivity index (χ0) is 30.2. The molecule has 1 N–H and O–H groups in total. The van der Waals surface area contributed by atoms with Crippen LogP contribution in [0.3, 0.4) is 0 Å². The van der Waals surface area contributed by atoms with Crippen molar-refractivity contribution in [3.63, 3.8) is 0 Å². The molecule has 220 valence electrons. The van der Waals surface area contributed by atoms with E-state index in [0.29, 0.717) is 34.5 Å². The summed E-state index contributed by atoms with van der Waals surface area (Å²) < 4.78 is 34.9. The van der Waals surface area contributed by atoms with Gasteiger partial charge in [-0.05, 0) is 81.1 Å². The molecule has 3 aromatic carbocycles. The molecule has 12 heteroatoms. The summed E-state index contributed by atoms with van der Waals surface area (Å²) >= 11 is 13.8. The van der Waals surface area contributed by atoms with Crippen molar-refractivity contribution < 1.29 is 22.7 Å². The summed E-state index contributed by atoms with van der Waals surface area (Å²) in [6, 6.07) is 17.1. The van der Waals surface area contributed by atoms with Crippen LogP contribution >= 0.6 is 35.0 Å². The first-order valence-electron chi connectivity index (χ1n) is 12.9. The summed E-state index contributed by atoms with van der Waals surface area (Å²) in [7, 11) is -4.23. The number of nitrogens with zero attached hydrogens (tertiary/aromatic N) is 2. The average Bonchev–Trinajstić information content (AvgIpc) is 2.96. The van der Waals surface area contributed by atoms with Gasteiger partial charge in [-0.15, -0.1) is 11.8 Å². The number of halogens is 2. The minimum atomic E-state index is -4.23. The third kappa shape index (κ3) is 8.09. The fraction of sp³-hybridized carbons (Fsp3) is 0.310. The highest BCUT2D eigenvalue weighted by molar-refractivity contribution is 7.98. The smallest absolute Gasteiger partial charge is 0.264 e. The van der Waals surface area contributed by atoms with Crippen molar-refractivity contribution in [3.05, 3.63) is 82.3 Å². The Morgan fingerprint density at radius 3 is 2.29 bits per heavy atom. The molecule has 0 radical (unpaired) electrons. The zero-order valence-corrected chi connectivity index (χ0v) is 26.4. The van der Waals surface area contributed by atoms with E-state index in [1.807, 2.05) is 6.26 Å². The highest BCUT2D eigenvalue weighted by atomic mass is 35.5. The monoisotopic (exact) mass is 637 g/mol. The first-order chi connectivity index (χ1) is 19.5. The van der Waals surface area contributed by atoms with Crippen molar-refractivity contribution >= 4 is 62.5 Å². The Labute approximate surface area is 256 Å². The largest absolute Gasteiger partial charge is 0.492 e. The maximum atomic E-state index is 14.1. The average molecular weight is 639 g/mol. The number of anilines is 1. The number of hydrogen-bond acceptors (Lipinski definition) is 6. The molecular weight excluding hydrogens is 605 g/mol. The third-order valence-electron chi connectivity index (χ3n) is 6.22. The molecule has 3 rings (SSSR count). The minimum absolute atomic E-state index is 0.00254. The van der Waals surface area contributed by atoms with Gasteiger partial charge in [-0.25, -0.2) is 8.42 Å². The van der Waals surface area contributed by atoms with Crippen LogP contribution < -0.4 is 14.4 Å². The van der Waals surface area contributed by atoms with Crippen molar-refractivity contribution in [1.29, 1.82) is 0 Å². The normalized spacial score (nSPS) is 12.0. The second-order valence-electron chi connectivity index (χ2n) is 8.93. The van der Waals surface area contributed by atoms with Crippen LogP contribution in [0.1, 0.15) is 26.3 Å². The number of ether oxygens (including phenoxy) is 1. The van der Waals surface area contributed by atoms with Gasteiger partial charge in [-0.1, -0.05) is 41.4 Å². The van der Waals surface area contributed by atoms with Gasteiger partial charge >= 0.3 is 0 Å². The second-order valence-corrected chi connectivity index (χ2v) is 12.5. The van der Waals surface area contributed by atoms with Gasteiger partial charge in [0.2, 0.25) is 11.8 Å². The fourth-order valence-electron chi connectivity index (χ4n) is 4.07. The van der Waals surface area contributed by atoms with E-state index in [9.17, 15) is 18.0 Å². The number of carbonyl (C=O) groups is 2. The van der Waals surface area contributed by atoms with Crippen LogP contribution in [-0.2, 0) is 26.2 Å². The molecule has 0 bridgehead atoms. The van der Waals surface area contributed by atoms with Crippen LogP contribution in [0.5, 0.6) is 5.75 Å². The molecule has 0 saturated heterocycles. The first kappa shape index (κ1) is 32.6. The molecule has 1 atom stereocenters. The summed E-state index contributed by atoms with van der Waals surface area (Å²) in [6.07, 6.45) is 1.89. The van der Waals surface area contributed by atoms with Crippen LogP contribution in [-0.4, -0.2) is 57.1 Å². The van der Waals surface area contributed by atoms with Crippen LogP contribution in [0.15, 0.2) is 76.5 Å². The number of nitrogens with one attached hydrogen (secondary N) is 1. The molecule has 0 aliphatic rings. The number of thioether (sulfide) groups is 1. The quantitative estimate of drug-likeness (QED) is 0.236. The van der Waals surface area contributed by atoms with Gasteiger partial charge in [0, 0.05) is 18.0 Å². The second kappa shape index (κ2) is 14.8. The number of amides is 2. The number of benzene rings is 3. The number of likely N-dealkylation sites (N-methyl/N-ethyl adjacent to an activating group) is 1. The highest BCUT2D eigenvalue weighted by Crippen LogP contribution is 2.33. The Bertz CT molecular complexity index is 1470. The van der Waals surface area contributed by atoms with Crippen LogP contribution in [0.4, 0.5) is 5.69 Å². The third-order valence-corrected chi connectivity index (χ3v) is 9.47. The molecule has 0 spiro atoms. The standard InChI is InChI=1S/C29H33Cl2N3O5S2/c1-5-32-29(36)20(3)33(18-21-11-16-24(30)25(31)17-21)28(35)19-34(26-9-7-8-10-27(26)39-6-2)41(37,38)23-14-12-22(40-4)13-15-23/h7-17,20H,5-6,18-19H2,1-4H3,(H,32,36)/t20-/m1/s1. The molecule has 0 aromatic heterocycles. The van der Waals surface area contributed by atoms with Crippen LogP contribution in [0, 0.1) is 0 Å². The summed E-state index contributed by atoms with van der Waals surface area (Å²) in [5.41, 5.74) is 0.831. The maximum absolute atomic E-state index is 14.1. The number of rotatable bonds is 13. The number of hydrogen-bond donors (Lipinski definition) is 1. The lowest BCUT2D eigenvalue weighted by atomic mass is 10.1. The number of para-hydroxylation sites is 2. The van der Waals surface area contributed by atoms with Gasteiger partial charge in [0.1, 0.15) is 18.3 Å². The van der Waals surface area contributed by atoms with Gasteiger partial charge in [-0.2, -0.15) is 0 Å². The van der Waals surface area contributed by atoms with Crippen molar-refractivity contribution in [1.82, 2.24) is 10.2 Å². The molecule has 2 amide bonds. The molecule has 0 aliphatic carbocycles. The van der Waals surface area contributed by atoms with E-state index in [-0.39, 0.29) is 23.0 Å². The van der Waals surface area contributed by atoms with Gasteiger partial charge in [0.05, 0.1) is 27.2 Å². The van der Waals surface area contributed by atoms with Gasteiger partial charge in [0.15, 0.2) is 0 Å². The summed E-state index contributed by atoms with van der Waals surface area (Å²) in [6.45, 7) is 5.23. The lowest BCUT2D eigenvalue weighted by molar-refractivity contribution is -0.139.